The molecule has 7 nitrogen and oxygen atoms in total. The van der Waals surface area contributed by atoms with Gasteiger partial charge in [0.2, 0.25) is 0 Å². The molecule has 7 heteroatoms. The molecule has 0 saturated carbocycles. The standard InChI is InChI=1S/C23H20N4O3/c1-15-4-9-19(25-12-16-5-7-17(8-6-16)22(28)29)11-20(15)26-23-27-21(14-30-23)18-3-2-10-24-13-18/h2-11,13-14,25H,12H2,1H3,(H,26,27)(H,28,29). The number of carboxylic acid groups (broad SMARTS) is 1. The fraction of sp³-hybridized carbons (Fsp3) is 0.0870. The Kier molecular flexibility index (Phi) is 5.43. The van der Waals surface area contributed by atoms with Crippen LogP contribution >= 0.6 is 0 Å². The van der Waals surface area contributed by atoms with Gasteiger partial charge in [0, 0.05) is 35.9 Å². The van der Waals surface area contributed by atoms with E-state index in [0.717, 1.165) is 28.1 Å². The minimum atomic E-state index is -0.929. The number of pyridine rings is 1. The molecule has 0 unspecified atom stereocenters. The van der Waals surface area contributed by atoms with Crippen LogP contribution in [0.25, 0.3) is 11.3 Å². The minimum Gasteiger partial charge on any atom is -0.478 e. The molecule has 150 valence electrons. The highest BCUT2D eigenvalue weighted by Crippen LogP contribution is 2.26. The summed E-state index contributed by atoms with van der Waals surface area (Å²) in [4.78, 5) is 19.5. The van der Waals surface area contributed by atoms with Gasteiger partial charge in [-0.15, -0.1) is 0 Å². The first-order valence-electron chi connectivity index (χ1n) is 9.38. The molecule has 0 fully saturated rings. The van der Waals surface area contributed by atoms with Crippen molar-refractivity contribution in [3.05, 3.63) is 89.9 Å². The second-order valence-corrected chi connectivity index (χ2v) is 6.79. The molecule has 0 atom stereocenters. The van der Waals surface area contributed by atoms with Gasteiger partial charge in [-0.3, -0.25) is 4.98 Å². The van der Waals surface area contributed by atoms with E-state index in [1.54, 1.807) is 42.9 Å². The molecule has 2 heterocycles. The Morgan fingerprint density at radius 3 is 2.70 bits per heavy atom. The maximum Gasteiger partial charge on any atom is 0.335 e. The third kappa shape index (κ3) is 4.47. The van der Waals surface area contributed by atoms with Crippen molar-refractivity contribution in [1.29, 1.82) is 0 Å². The topological polar surface area (TPSA) is 100 Å². The Bertz CT molecular complexity index is 1150. The molecule has 0 saturated heterocycles. The number of aryl methyl sites for hydroxylation is 1. The van der Waals surface area contributed by atoms with E-state index in [1.807, 2.05) is 37.3 Å². The predicted octanol–water partition coefficient (Wildman–Crippen LogP) is 5.10. The van der Waals surface area contributed by atoms with Crippen LogP contribution in [0.1, 0.15) is 21.5 Å². The van der Waals surface area contributed by atoms with Crippen LogP contribution in [-0.2, 0) is 6.54 Å². The maximum absolute atomic E-state index is 11.0. The normalized spacial score (nSPS) is 10.6. The fourth-order valence-electron chi connectivity index (χ4n) is 2.93. The third-order valence-electron chi connectivity index (χ3n) is 4.64. The Morgan fingerprint density at radius 1 is 1.13 bits per heavy atom. The molecular formula is C23H20N4O3. The molecule has 2 aromatic carbocycles. The van der Waals surface area contributed by atoms with Crippen LogP contribution < -0.4 is 10.6 Å². The number of aromatic carboxylic acids is 1. The molecule has 3 N–H and O–H groups in total. The van der Waals surface area contributed by atoms with Crippen molar-refractivity contribution in [3.8, 4) is 11.3 Å². The minimum absolute atomic E-state index is 0.275. The highest BCUT2D eigenvalue weighted by molar-refractivity contribution is 5.87. The molecule has 0 amide bonds. The van der Waals surface area contributed by atoms with Crippen molar-refractivity contribution in [2.24, 2.45) is 0 Å². The molecular weight excluding hydrogens is 380 g/mol. The molecule has 2 aromatic heterocycles. The van der Waals surface area contributed by atoms with Crippen molar-refractivity contribution in [2.45, 2.75) is 13.5 Å². The van der Waals surface area contributed by atoms with Gasteiger partial charge in [0.25, 0.3) is 6.01 Å². The Morgan fingerprint density at radius 2 is 1.97 bits per heavy atom. The second-order valence-electron chi connectivity index (χ2n) is 6.79. The van der Waals surface area contributed by atoms with E-state index in [4.69, 9.17) is 9.52 Å². The third-order valence-corrected chi connectivity index (χ3v) is 4.64. The first-order valence-corrected chi connectivity index (χ1v) is 9.38. The summed E-state index contributed by atoms with van der Waals surface area (Å²) < 4.78 is 5.56. The number of oxazole rings is 1. The van der Waals surface area contributed by atoms with Gasteiger partial charge in [-0.2, -0.15) is 4.98 Å². The quantitative estimate of drug-likeness (QED) is 0.397. The zero-order chi connectivity index (χ0) is 20.9. The lowest BCUT2D eigenvalue weighted by Crippen LogP contribution is -2.02. The van der Waals surface area contributed by atoms with Crippen LogP contribution in [0.2, 0.25) is 0 Å². The molecule has 0 aliphatic heterocycles. The average molecular weight is 400 g/mol. The van der Waals surface area contributed by atoms with Crippen molar-refractivity contribution in [3.63, 3.8) is 0 Å². The summed E-state index contributed by atoms with van der Waals surface area (Å²) in [5.41, 5.74) is 5.71. The second kappa shape index (κ2) is 8.48. The number of rotatable bonds is 7. The number of nitrogens with one attached hydrogen (secondary N) is 2. The van der Waals surface area contributed by atoms with Gasteiger partial charge in [0.1, 0.15) is 12.0 Å². The molecule has 0 bridgehead atoms. The maximum atomic E-state index is 11.0. The summed E-state index contributed by atoms with van der Waals surface area (Å²) in [6.45, 7) is 2.58. The number of hydrogen-bond acceptors (Lipinski definition) is 6. The van der Waals surface area contributed by atoms with Crippen molar-refractivity contribution >= 4 is 23.4 Å². The van der Waals surface area contributed by atoms with E-state index >= 15 is 0 Å². The lowest BCUT2D eigenvalue weighted by molar-refractivity contribution is 0.0697. The highest BCUT2D eigenvalue weighted by atomic mass is 16.4. The summed E-state index contributed by atoms with van der Waals surface area (Å²) in [5, 5.41) is 15.6. The lowest BCUT2D eigenvalue weighted by atomic mass is 10.1. The number of nitrogens with zero attached hydrogens (tertiary/aromatic N) is 2. The van der Waals surface area contributed by atoms with E-state index in [9.17, 15) is 4.79 Å². The summed E-state index contributed by atoms with van der Waals surface area (Å²) >= 11 is 0. The van der Waals surface area contributed by atoms with E-state index in [1.165, 1.54) is 0 Å². The molecule has 0 aliphatic rings. The van der Waals surface area contributed by atoms with E-state index in [-0.39, 0.29) is 5.56 Å². The largest absolute Gasteiger partial charge is 0.478 e. The van der Waals surface area contributed by atoms with Gasteiger partial charge in [-0.05, 0) is 54.4 Å². The summed E-state index contributed by atoms with van der Waals surface area (Å²) in [7, 11) is 0. The summed E-state index contributed by atoms with van der Waals surface area (Å²) in [6, 6.07) is 17.0. The van der Waals surface area contributed by atoms with Crippen LogP contribution in [0.3, 0.4) is 0 Å². The molecule has 30 heavy (non-hydrogen) atoms. The Balaban J connectivity index is 1.44. The lowest BCUT2D eigenvalue weighted by Gasteiger charge is -2.11. The smallest absolute Gasteiger partial charge is 0.335 e. The zero-order valence-corrected chi connectivity index (χ0v) is 16.3. The number of hydrogen-bond donors (Lipinski definition) is 3. The van der Waals surface area contributed by atoms with Crippen molar-refractivity contribution < 1.29 is 14.3 Å². The Labute approximate surface area is 173 Å². The van der Waals surface area contributed by atoms with Gasteiger partial charge < -0.3 is 20.2 Å². The van der Waals surface area contributed by atoms with E-state index in [2.05, 4.69) is 20.6 Å². The van der Waals surface area contributed by atoms with Crippen molar-refractivity contribution in [1.82, 2.24) is 9.97 Å². The van der Waals surface area contributed by atoms with Gasteiger partial charge in [-0.25, -0.2) is 4.79 Å². The highest BCUT2D eigenvalue weighted by Gasteiger charge is 2.09. The number of anilines is 3. The molecule has 4 aromatic rings. The van der Waals surface area contributed by atoms with Gasteiger partial charge in [-0.1, -0.05) is 18.2 Å². The van der Waals surface area contributed by atoms with Crippen LogP contribution in [-0.4, -0.2) is 21.0 Å². The van der Waals surface area contributed by atoms with Gasteiger partial charge in [0.15, 0.2) is 0 Å². The fourth-order valence-corrected chi connectivity index (χ4v) is 2.93. The Hall–Kier alpha value is -4.13. The van der Waals surface area contributed by atoms with Crippen LogP contribution in [0.15, 0.2) is 77.7 Å². The molecule has 0 radical (unpaired) electrons. The SMILES string of the molecule is Cc1ccc(NCc2ccc(C(=O)O)cc2)cc1Nc1nc(-c2cccnc2)co1. The van der Waals surface area contributed by atoms with E-state index in [0.29, 0.717) is 18.3 Å². The number of aromatic nitrogens is 2. The first-order chi connectivity index (χ1) is 14.6. The first kappa shape index (κ1) is 19.2. The number of carboxylic acids is 1. The van der Waals surface area contributed by atoms with Gasteiger partial charge in [0.05, 0.1) is 5.56 Å². The summed E-state index contributed by atoms with van der Waals surface area (Å²) in [6.07, 6.45) is 5.04. The summed E-state index contributed by atoms with van der Waals surface area (Å²) in [5.74, 6) is -0.929. The monoisotopic (exact) mass is 400 g/mol. The molecule has 0 aliphatic carbocycles. The van der Waals surface area contributed by atoms with Crippen LogP contribution in [0.4, 0.5) is 17.4 Å². The predicted molar refractivity (Wildman–Crippen MR) is 115 cm³/mol. The van der Waals surface area contributed by atoms with Crippen LogP contribution in [0.5, 0.6) is 0 Å². The number of benzene rings is 2. The number of carbonyl (C=O) groups is 1. The average Bonchev–Trinajstić information content (AvgIpc) is 3.24. The molecule has 4 rings (SSSR count). The van der Waals surface area contributed by atoms with E-state index < -0.39 is 5.97 Å². The van der Waals surface area contributed by atoms with Crippen LogP contribution in [0, 0.1) is 6.92 Å². The zero-order valence-electron chi connectivity index (χ0n) is 16.3. The molecule has 0 spiro atoms. The van der Waals surface area contributed by atoms with Crippen molar-refractivity contribution in [2.75, 3.05) is 10.6 Å². The van der Waals surface area contributed by atoms with Gasteiger partial charge >= 0.3 is 5.97 Å².